The van der Waals surface area contributed by atoms with Crippen molar-refractivity contribution in [1.29, 1.82) is 0 Å². The number of rotatable bonds is 6. The van der Waals surface area contributed by atoms with Gasteiger partial charge >= 0.3 is 0 Å². The lowest BCUT2D eigenvalue weighted by Gasteiger charge is -2.27. The van der Waals surface area contributed by atoms with E-state index in [4.69, 9.17) is 9.15 Å². The molecule has 2 N–H and O–H groups in total. The second-order valence-corrected chi connectivity index (χ2v) is 8.57. The second-order valence-electron chi connectivity index (χ2n) is 8.57. The molecule has 3 aromatic heterocycles. The van der Waals surface area contributed by atoms with E-state index in [0.717, 1.165) is 53.0 Å². The number of ether oxygens (including phenoxy) is 1. The van der Waals surface area contributed by atoms with Crippen molar-refractivity contribution in [2.24, 2.45) is 0 Å². The number of nitrogens with zero attached hydrogens (tertiary/aromatic N) is 2. The fraction of sp³-hybridized carbons (Fsp3) is 0.185. The number of fused-ring (bicyclic) bond motifs is 2. The molecule has 0 aliphatic carbocycles. The minimum atomic E-state index is -0.100. The van der Waals surface area contributed by atoms with Crippen LogP contribution in [0.15, 0.2) is 82.3 Å². The number of benzene rings is 2. The third kappa shape index (κ3) is 4.02. The van der Waals surface area contributed by atoms with Crippen LogP contribution in [-0.4, -0.2) is 26.4 Å². The van der Waals surface area contributed by atoms with Crippen molar-refractivity contribution in [1.82, 2.24) is 19.9 Å². The Bertz CT molecular complexity index is 1490. The van der Waals surface area contributed by atoms with Gasteiger partial charge in [-0.3, -0.25) is 9.69 Å². The van der Waals surface area contributed by atoms with E-state index in [1.807, 2.05) is 30.5 Å². The predicted octanol–water partition coefficient (Wildman–Crippen LogP) is 4.65. The fourth-order valence-electron chi connectivity index (χ4n) is 4.51. The predicted molar refractivity (Wildman–Crippen MR) is 129 cm³/mol. The van der Waals surface area contributed by atoms with E-state index in [9.17, 15) is 4.79 Å². The summed E-state index contributed by atoms with van der Waals surface area (Å²) in [5.74, 6) is 1.90. The molecule has 0 saturated carbocycles. The minimum absolute atomic E-state index is 0.100. The SMILES string of the molecule is O=c1[nH]c(-c2ccco2)nc2c1CN(Cc1c[nH]c3ccc(OCc4ccccc4)cc13)CC2. The van der Waals surface area contributed by atoms with Gasteiger partial charge in [-0.1, -0.05) is 30.3 Å². The van der Waals surface area contributed by atoms with Crippen molar-refractivity contribution in [2.45, 2.75) is 26.1 Å². The summed E-state index contributed by atoms with van der Waals surface area (Å²) in [4.78, 5) is 26.0. The maximum absolute atomic E-state index is 12.8. The Morgan fingerprint density at radius 3 is 2.85 bits per heavy atom. The zero-order chi connectivity index (χ0) is 22.9. The summed E-state index contributed by atoms with van der Waals surface area (Å²) in [5, 5.41) is 1.14. The first kappa shape index (κ1) is 20.5. The van der Waals surface area contributed by atoms with Gasteiger partial charge in [-0.2, -0.15) is 0 Å². The minimum Gasteiger partial charge on any atom is -0.489 e. The second kappa shape index (κ2) is 8.68. The molecule has 1 aliphatic rings. The molecule has 2 aromatic carbocycles. The van der Waals surface area contributed by atoms with Crippen LogP contribution >= 0.6 is 0 Å². The fourth-order valence-corrected chi connectivity index (χ4v) is 4.51. The molecule has 0 unspecified atom stereocenters. The lowest BCUT2D eigenvalue weighted by atomic mass is 10.1. The van der Waals surface area contributed by atoms with E-state index >= 15 is 0 Å². The molecule has 0 radical (unpaired) electrons. The van der Waals surface area contributed by atoms with E-state index in [1.165, 1.54) is 5.56 Å². The van der Waals surface area contributed by atoms with Gasteiger partial charge in [-0.25, -0.2) is 4.98 Å². The highest BCUT2D eigenvalue weighted by Gasteiger charge is 2.23. The first-order valence-corrected chi connectivity index (χ1v) is 11.4. The molecular formula is C27H24N4O3. The molecule has 6 rings (SSSR count). The van der Waals surface area contributed by atoms with Crippen LogP contribution in [0.3, 0.4) is 0 Å². The maximum Gasteiger partial charge on any atom is 0.256 e. The Hall–Kier alpha value is -4.10. The van der Waals surface area contributed by atoms with Gasteiger partial charge in [0.1, 0.15) is 12.4 Å². The summed E-state index contributed by atoms with van der Waals surface area (Å²) >= 11 is 0. The van der Waals surface area contributed by atoms with Gasteiger partial charge in [-0.05, 0) is 41.5 Å². The van der Waals surface area contributed by atoms with Crippen molar-refractivity contribution >= 4 is 10.9 Å². The third-order valence-corrected chi connectivity index (χ3v) is 6.28. The van der Waals surface area contributed by atoms with Gasteiger partial charge in [0.2, 0.25) is 0 Å². The molecule has 0 amide bonds. The average Bonchev–Trinajstić information content (AvgIpc) is 3.54. The number of H-pyrrole nitrogens is 2. The molecule has 1 aliphatic heterocycles. The lowest BCUT2D eigenvalue weighted by Crippen LogP contribution is -2.35. The Morgan fingerprint density at radius 1 is 1.09 bits per heavy atom. The molecule has 0 spiro atoms. The van der Waals surface area contributed by atoms with Crippen LogP contribution in [0.25, 0.3) is 22.5 Å². The van der Waals surface area contributed by atoms with E-state index in [-0.39, 0.29) is 5.56 Å². The van der Waals surface area contributed by atoms with Gasteiger partial charge in [0.15, 0.2) is 11.6 Å². The van der Waals surface area contributed by atoms with Crippen LogP contribution in [-0.2, 0) is 26.1 Å². The summed E-state index contributed by atoms with van der Waals surface area (Å²) in [7, 11) is 0. The maximum atomic E-state index is 12.8. The van der Waals surface area contributed by atoms with Gasteiger partial charge in [0.05, 0.1) is 17.5 Å². The quantitative estimate of drug-likeness (QED) is 0.392. The van der Waals surface area contributed by atoms with E-state index in [2.05, 4.69) is 44.1 Å². The average molecular weight is 453 g/mol. The van der Waals surface area contributed by atoms with E-state index < -0.39 is 0 Å². The van der Waals surface area contributed by atoms with Crippen molar-refractivity contribution < 1.29 is 9.15 Å². The van der Waals surface area contributed by atoms with Crippen LogP contribution in [0.1, 0.15) is 22.4 Å². The third-order valence-electron chi connectivity index (χ3n) is 6.28. The molecular weight excluding hydrogens is 428 g/mol. The molecule has 170 valence electrons. The Kier molecular flexibility index (Phi) is 5.24. The molecule has 7 nitrogen and oxygen atoms in total. The van der Waals surface area contributed by atoms with Crippen molar-refractivity contribution in [3.8, 4) is 17.3 Å². The number of hydrogen-bond acceptors (Lipinski definition) is 5. The molecule has 4 heterocycles. The van der Waals surface area contributed by atoms with Crippen molar-refractivity contribution in [3.05, 3.63) is 106 Å². The number of aromatic amines is 2. The highest BCUT2D eigenvalue weighted by Crippen LogP contribution is 2.27. The molecule has 7 heteroatoms. The van der Waals surface area contributed by atoms with Crippen molar-refractivity contribution in [2.75, 3.05) is 6.54 Å². The van der Waals surface area contributed by atoms with Gasteiger partial charge in [0, 0.05) is 43.2 Å². The van der Waals surface area contributed by atoms with Crippen LogP contribution in [0.5, 0.6) is 5.75 Å². The first-order valence-electron chi connectivity index (χ1n) is 11.4. The highest BCUT2D eigenvalue weighted by molar-refractivity contribution is 5.84. The zero-order valence-corrected chi connectivity index (χ0v) is 18.6. The molecule has 0 bridgehead atoms. The molecule has 0 fully saturated rings. The molecule has 0 atom stereocenters. The molecule has 0 saturated heterocycles. The number of hydrogen-bond donors (Lipinski definition) is 2. The topological polar surface area (TPSA) is 87.2 Å². The number of furan rings is 1. The number of nitrogens with one attached hydrogen (secondary N) is 2. The van der Waals surface area contributed by atoms with Gasteiger partial charge in [0.25, 0.3) is 5.56 Å². The van der Waals surface area contributed by atoms with Crippen molar-refractivity contribution in [3.63, 3.8) is 0 Å². The molecule has 34 heavy (non-hydrogen) atoms. The summed E-state index contributed by atoms with van der Waals surface area (Å²) in [6.07, 6.45) is 4.35. The Balaban J connectivity index is 1.20. The molecule has 5 aromatic rings. The zero-order valence-electron chi connectivity index (χ0n) is 18.6. The monoisotopic (exact) mass is 452 g/mol. The van der Waals surface area contributed by atoms with E-state index in [1.54, 1.807) is 18.4 Å². The van der Waals surface area contributed by atoms with E-state index in [0.29, 0.717) is 24.7 Å². The van der Waals surface area contributed by atoms with Crippen LogP contribution in [0.4, 0.5) is 0 Å². The summed E-state index contributed by atoms with van der Waals surface area (Å²) in [6.45, 7) is 2.66. The lowest BCUT2D eigenvalue weighted by molar-refractivity contribution is 0.242. The largest absolute Gasteiger partial charge is 0.489 e. The summed E-state index contributed by atoms with van der Waals surface area (Å²) < 4.78 is 11.4. The van der Waals surface area contributed by atoms with Gasteiger partial charge in [-0.15, -0.1) is 0 Å². The summed E-state index contributed by atoms with van der Waals surface area (Å²) in [5.41, 5.74) is 4.87. The summed E-state index contributed by atoms with van der Waals surface area (Å²) in [6, 6.07) is 19.9. The van der Waals surface area contributed by atoms with Gasteiger partial charge < -0.3 is 19.1 Å². The van der Waals surface area contributed by atoms with Crippen LogP contribution in [0, 0.1) is 0 Å². The highest BCUT2D eigenvalue weighted by atomic mass is 16.5. The standard InChI is InChI=1S/C27H24N4O3/c32-27-22-16-31(11-10-24(22)29-26(30-27)25-7-4-12-33-25)15-19-14-28-23-9-8-20(13-21(19)23)34-17-18-5-2-1-3-6-18/h1-9,12-14,28H,10-11,15-17H2,(H,29,30,32). The van der Waals surface area contributed by atoms with Crippen LogP contribution in [0.2, 0.25) is 0 Å². The smallest absolute Gasteiger partial charge is 0.256 e. The first-order chi connectivity index (χ1) is 16.7. The van der Waals surface area contributed by atoms with Crippen LogP contribution < -0.4 is 10.3 Å². The Morgan fingerprint density at radius 2 is 2.00 bits per heavy atom. The normalized spacial score (nSPS) is 13.8. The number of aromatic nitrogens is 3. The Labute approximate surface area is 196 Å².